The van der Waals surface area contributed by atoms with Gasteiger partial charge < -0.3 is 10.4 Å². The van der Waals surface area contributed by atoms with E-state index in [2.05, 4.69) is 17.4 Å². The van der Waals surface area contributed by atoms with Crippen LogP contribution in [0.2, 0.25) is 0 Å². The molecular weight excluding hydrogens is 226 g/mol. The Morgan fingerprint density at radius 3 is 2.78 bits per heavy atom. The van der Waals surface area contributed by atoms with Gasteiger partial charge in [0.25, 0.3) is 0 Å². The number of hydrogen-bond donors (Lipinski definition) is 2. The van der Waals surface area contributed by atoms with Crippen molar-refractivity contribution in [3.8, 4) is 0 Å². The fourth-order valence-corrected chi connectivity index (χ4v) is 2.41. The first-order chi connectivity index (χ1) is 8.65. The number of carbonyl (C=O) groups excluding carboxylic acids is 1. The minimum absolute atomic E-state index is 0.0216. The van der Waals surface area contributed by atoms with Gasteiger partial charge in [0.2, 0.25) is 5.91 Å². The maximum Gasteiger partial charge on any atom is 0.224 e. The second kappa shape index (κ2) is 6.01. The van der Waals surface area contributed by atoms with Gasteiger partial charge in [-0.3, -0.25) is 4.79 Å². The Morgan fingerprint density at radius 1 is 1.33 bits per heavy atom. The number of nitrogens with one attached hydrogen (secondary N) is 1. The van der Waals surface area contributed by atoms with Gasteiger partial charge in [-0.2, -0.15) is 0 Å². The molecule has 3 nitrogen and oxygen atoms in total. The van der Waals surface area contributed by atoms with E-state index in [1.807, 2.05) is 6.07 Å². The third-order valence-corrected chi connectivity index (χ3v) is 3.37. The van der Waals surface area contributed by atoms with Gasteiger partial charge in [0.15, 0.2) is 0 Å². The van der Waals surface area contributed by atoms with Crippen LogP contribution in [-0.4, -0.2) is 23.7 Å². The molecule has 1 aromatic carbocycles. The third kappa shape index (κ3) is 3.57. The summed E-state index contributed by atoms with van der Waals surface area (Å²) in [5.74, 6) is -0.0216. The van der Waals surface area contributed by atoms with Crippen molar-refractivity contribution in [1.82, 2.24) is 5.32 Å². The molecule has 1 aliphatic carbocycles. The Balaban J connectivity index is 1.95. The number of carbonyl (C=O) groups is 1. The van der Waals surface area contributed by atoms with Gasteiger partial charge in [-0.1, -0.05) is 18.2 Å². The van der Waals surface area contributed by atoms with Crippen molar-refractivity contribution in [2.24, 2.45) is 0 Å². The third-order valence-electron chi connectivity index (χ3n) is 3.37. The first-order valence-corrected chi connectivity index (χ1v) is 6.70. The summed E-state index contributed by atoms with van der Waals surface area (Å²) in [6.45, 7) is 1.99. The van der Waals surface area contributed by atoms with E-state index in [1.54, 1.807) is 6.92 Å². The quantitative estimate of drug-likeness (QED) is 0.849. The maximum atomic E-state index is 11.7. The van der Waals surface area contributed by atoms with Crippen LogP contribution in [0.15, 0.2) is 18.2 Å². The summed E-state index contributed by atoms with van der Waals surface area (Å²) < 4.78 is 0. The van der Waals surface area contributed by atoms with Crippen molar-refractivity contribution in [1.29, 1.82) is 0 Å². The van der Waals surface area contributed by atoms with Crippen molar-refractivity contribution in [3.05, 3.63) is 34.9 Å². The molecule has 98 valence electrons. The summed E-state index contributed by atoms with van der Waals surface area (Å²) in [6.07, 6.45) is 4.76. The predicted molar refractivity (Wildman–Crippen MR) is 71.5 cm³/mol. The Bertz CT molecular complexity index is 427. The van der Waals surface area contributed by atoms with Crippen LogP contribution in [0, 0.1) is 0 Å². The summed E-state index contributed by atoms with van der Waals surface area (Å²) in [7, 11) is 0. The average Bonchev–Trinajstić information content (AvgIpc) is 2.36. The van der Waals surface area contributed by atoms with Gasteiger partial charge >= 0.3 is 0 Å². The van der Waals surface area contributed by atoms with Crippen LogP contribution in [-0.2, 0) is 24.1 Å². The molecule has 0 aromatic heterocycles. The fourth-order valence-electron chi connectivity index (χ4n) is 2.41. The largest absolute Gasteiger partial charge is 0.392 e. The normalized spacial score (nSPS) is 15.9. The Hall–Kier alpha value is -1.35. The first-order valence-electron chi connectivity index (χ1n) is 6.70. The molecule has 1 unspecified atom stereocenters. The summed E-state index contributed by atoms with van der Waals surface area (Å²) in [6, 6.07) is 6.37. The lowest BCUT2D eigenvalue weighted by Gasteiger charge is -2.16. The molecule has 1 atom stereocenters. The van der Waals surface area contributed by atoms with E-state index in [9.17, 15) is 4.79 Å². The summed E-state index contributed by atoms with van der Waals surface area (Å²) in [4.78, 5) is 11.7. The van der Waals surface area contributed by atoms with E-state index in [-0.39, 0.29) is 5.91 Å². The zero-order valence-electron chi connectivity index (χ0n) is 10.9. The zero-order valence-corrected chi connectivity index (χ0v) is 10.9. The number of fused-ring (bicyclic) bond motifs is 1. The lowest BCUT2D eigenvalue weighted by molar-refractivity contribution is -0.120. The van der Waals surface area contributed by atoms with Gasteiger partial charge in [0.05, 0.1) is 12.5 Å². The van der Waals surface area contributed by atoms with Crippen LogP contribution in [0.5, 0.6) is 0 Å². The van der Waals surface area contributed by atoms with Crippen molar-refractivity contribution in [2.45, 2.75) is 45.1 Å². The topological polar surface area (TPSA) is 49.3 Å². The SMILES string of the molecule is CC(O)CNC(=O)Cc1ccc2c(c1)CCCC2. The smallest absolute Gasteiger partial charge is 0.224 e. The van der Waals surface area contributed by atoms with E-state index in [1.165, 1.54) is 30.4 Å². The monoisotopic (exact) mass is 247 g/mol. The molecule has 3 heteroatoms. The van der Waals surface area contributed by atoms with Crippen LogP contribution in [0.4, 0.5) is 0 Å². The predicted octanol–water partition coefficient (Wildman–Crippen LogP) is 1.60. The molecule has 0 aliphatic heterocycles. The highest BCUT2D eigenvalue weighted by Gasteiger charge is 2.11. The second-order valence-corrected chi connectivity index (χ2v) is 5.14. The molecule has 1 aromatic rings. The van der Waals surface area contributed by atoms with Crippen molar-refractivity contribution >= 4 is 5.91 Å². The van der Waals surface area contributed by atoms with E-state index < -0.39 is 6.10 Å². The number of rotatable bonds is 4. The Labute approximate surface area is 108 Å². The molecule has 1 aliphatic rings. The Morgan fingerprint density at radius 2 is 2.06 bits per heavy atom. The number of hydrogen-bond acceptors (Lipinski definition) is 2. The van der Waals surface area contributed by atoms with Gasteiger partial charge in [0, 0.05) is 6.54 Å². The fraction of sp³-hybridized carbons (Fsp3) is 0.533. The van der Waals surface area contributed by atoms with Crippen molar-refractivity contribution in [3.63, 3.8) is 0 Å². The van der Waals surface area contributed by atoms with Crippen LogP contribution in [0.3, 0.4) is 0 Å². The molecule has 0 heterocycles. The van der Waals surface area contributed by atoms with E-state index in [4.69, 9.17) is 5.11 Å². The minimum Gasteiger partial charge on any atom is -0.392 e. The molecule has 18 heavy (non-hydrogen) atoms. The molecule has 2 N–H and O–H groups in total. The highest BCUT2D eigenvalue weighted by Crippen LogP contribution is 2.22. The van der Waals surface area contributed by atoms with Gasteiger partial charge in [-0.15, -0.1) is 0 Å². The van der Waals surface area contributed by atoms with E-state index >= 15 is 0 Å². The molecule has 1 amide bonds. The Kier molecular flexibility index (Phi) is 4.37. The molecule has 0 radical (unpaired) electrons. The van der Waals surface area contributed by atoms with Crippen molar-refractivity contribution in [2.75, 3.05) is 6.54 Å². The van der Waals surface area contributed by atoms with E-state index in [0.29, 0.717) is 13.0 Å². The second-order valence-electron chi connectivity index (χ2n) is 5.14. The molecular formula is C15H21NO2. The average molecular weight is 247 g/mol. The number of aliphatic hydroxyl groups excluding tert-OH is 1. The lowest BCUT2D eigenvalue weighted by Crippen LogP contribution is -2.31. The molecule has 2 rings (SSSR count). The molecule has 0 bridgehead atoms. The van der Waals surface area contributed by atoms with Gasteiger partial charge in [-0.25, -0.2) is 0 Å². The standard InChI is InChI=1S/C15H21NO2/c1-11(17)10-16-15(18)9-12-6-7-13-4-2-3-5-14(13)8-12/h6-8,11,17H,2-5,9-10H2,1H3,(H,16,18). The van der Waals surface area contributed by atoms with Gasteiger partial charge in [-0.05, 0) is 49.3 Å². The number of amides is 1. The lowest BCUT2D eigenvalue weighted by atomic mass is 9.90. The summed E-state index contributed by atoms with van der Waals surface area (Å²) in [5.41, 5.74) is 3.91. The van der Waals surface area contributed by atoms with Crippen LogP contribution >= 0.6 is 0 Å². The van der Waals surface area contributed by atoms with Crippen LogP contribution < -0.4 is 5.32 Å². The van der Waals surface area contributed by atoms with Gasteiger partial charge in [0.1, 0.15) is 0 Å². The van der Waals surface area contributed by atoms with Crippen molar-refractivity contribution < 1.29 is 9.90 Å². The highest BCUT2D eigenvalue weighted by atomic mass is 16.3. The minimum atomic E-state index is -0.488. The highest BCUT2D eigenvalue weighted by molar-refractivity contribution is 5.78. The van der Waals surface area contributed by atoms with E-state index in [0.717, 1.165) is 12.0 Å². The molecule has 0 saturated carbocycles. The number of aryl methyl sites for hydroxylation is 2. The zero-order chi connectivity index (χ0) is 13.0. The van der Waals surface area contributed by atoms with Crippen LogP contribution in [0.1, 0.15) is 36.5 Å². The molecule has 0 fully saturated rings. The maximum absolute atomic E-state index is 11.7. The summed E-state index contributed by atoms with van der Waals surface area (Å²) >= 11 is 0. The van der Waals surface area contributed by atoms with Crippen LogP contribution in [0.25, 0.3) is 0 Å². The molecule has 0 saturated heterocycles. The first kappa shape index (κ1) is 13.1. The summed E-state index contributed by atoms with van der Waals surface area (Å²) in [5, 5.41) is 11.8. The number of aliphatic hydroxyl groups is 1. The molecule has 0 spiro atoms. The number of benzene rings is 1.